The Morgan fingerprint density at radius 1 is 0.323 bits per heavy atom. The number of esters is 3. The Balaban J connectivity index is 4.30. The molecular weight excluding hydrogens is 769 g/mol. The third-order valence-corrected chi connectivity index (χ3v) is 13.4. The molecule has 0 aliphatic heterocycles. The van der Waals surface area contributed by atoms with E-state index < -0.39 is 6.10 Å². The standard InChI is InChI=1S/C56H108O6/c1-6-9-10-11-12-13-14-15-16-17-18-19-20-21-26-33-38-43-48-56(59)62-53(50-61-55(58)47-42-37-32-28-27-30-35-40-45-52(5)8-3)49-60-54(57)46-41-36-31-25-23-22-24-29-34-39-44-51(4)7-2/h51-53H,6-50H2,1-5H3/t51?,52?,53-/m1/s1. The SMILES string of the molecule is CCCCCCCCCCCCCCCCCCCCC(=O)O[C@H](COC(=O)CCCCCCCCCCCCC(C)CC)COC(=O)CCCCCCCCCCC(C)CC. The van der Waals surface area contributed by atoms with Gasteiger partial charge in [-0.3, -0.25) is 14.4 Å². The van der Waals surface area contributed by atoms with Crippen molar-refractivity contribution in [2.75, 3.05) is 13.2 Å². The molecule has 0 aromatic carbocycles. The van der Waals surface area contributed by atoms with Crippen LogP contribution >= 0.6 is 0 Å². The lowest BCUT2D eigenvalue weighted by Crippen LogP contribution is -2.30. The second-order valence-electron chi connectivity index (χ2n) is 19.7. The molecule has 6 nitrogen and oxygen atoms in total. The van der Waals surface area contributed by atoms with Gasteiger partial charge in [-0.15, -0.1) is 0 Å². The van der Waals surface area contributed by atoms with Crippen LogP contribution in [0.15, 0.2) is 0 Å². The molecule has 0 aromatic heterocycles. The monoisotopic (exact) mass is 877 g/mol. The minimum Gasteiger partial charge on any atom is -0.462 e. The molecule has 0 rings (SSSR count). The van der Waals surface area contributed by atoms with Crippen molar-refractivity contribution in [2.24, 2.45) is 11.8 Å². The van der Waals surface area contributed by atoms with Crippen LogP contribution < -0.4 is 0 Å². The van der Waals surface area contributed by atoms with Crippen LogP contribution in [0, 0.1) is 11.8 Å². The Labute approximate surface area is 387 Å². The van der Waals surface area contributed by atoms with Crippen LogP contribution in [0.3, 0.4) is 0 Å². The molecule has 62 heavy (non-hydrogen) atoms. The van der Waals surface area contributed by atoms with Crippen LogP contribution in [-0.4, -0.2) is 37.2 Å². The lowest BCUT2D eigenvalue weighted by Gasteiger charge is -2.18. The normalized spacial score (nSPS) is 12.9. The highest BCUT2D eigenvalue weighted by atomic mass is 16.6. The first-order valence-corrected chi connectivity index (χ1v) is 27.8. The minimum atomic E-state index is -0.763. The summed E-state index contributed by atoms with van der Waals surface area (Å²) in [6.07, 6.45) is 50.8. The van der Waals surface area contributed by atoms with Crippen molar-refractivity contribution in [3.8, 4) is 0 Å². The summed E-state index contributed by atoms with van der Waals surface area (Å²) in [5.74, 6) is 0.872. The van der Waals surface area contributed by atoms with Gasteiger partial charge in [0.1, 0.15) is 13.2 Å². The fourth-order valence-corrected chi connectivity index (χ4v) is 8.46. The van der Waals surface area contributed by atoms with E-state index in [1.54, 1.807) is 0 Å². The van der Waals surface area contributed by atoms with E-state index in [9.17, 15) is 14.4 Å². The van der Waals surface area contributed by atoms with Gasteiger partial charge in [-0.25, -0.2) is 0 Å². The fourth-order valence-electron chi connectivity index (χ4n) is 8.46. The van der Waals surface area contributed by atoms with Crippen molar-refractivity contribution in [1.29, 1.82) is 0 Å². The third kappa shape index (κ3) is 46.4. The first-order chi connectivity index (χ1) is 30.3. The highest BCUT2D eigenvalue weighted by Gasteiger charge is 2.19. The van der Waals surface area contributed by atoms with Crippen molar-refractivity contribution in [3.63, 3.8) is 0 Å². The molecule has 2 unspecified atom stereocenters. The second-order valence-corrected chi connectivity index (χ2v) is 19.7. The maximum absolute atomic E-state index is 12.8. The van der Waals surface area contributed by atoms with E-state index in [1.165, 1.54) is 199 Å². The zero-order chi connectivity index (χ0) is 45.4. The Morgan fingerprint density at radius 2 is 0.565 bits per heavy atom. The summed E-state index contributed by atoms with van der Waals surface area (Å²) in [6.45, 7) is 11.4. The molecule has 0 saturated heterocycles. The fraction of sp³-hybridized carbons (Fsp3) is 0.946. The molecule has 0 heterocycles. The van der Waals surface area contributed by atoms with E-state index in [2.05, 4.69) is 34.6 Å². The molecule has 0 spiro atoms. The molecule has 0 aliphatic rings. The summed E-state index contributed by atoms with van der Waals surface area (Å²) in [4.78, 5) is 38.0. The Kier molecular flexibility index (Phi) is 47.6. The van der Waals surface area contributed by atoms with Gasteiger partial charge in [0, 0.05) is 19.3 Å². The Hall–Kier alpha value is -1.59. The Morgan fingerprint density at radius 3 is 0.839 bits per heavy atom. The van der Waals surface area contributed by atoms with E-state index in [0.29, 0.717) is 19.3 Å². The summed E-state index contributed by atoms with van der Waals surface area (Å²) in [6, 6.07) is 0. The number of hydrogen-bond donors (Lipinski definition) is 0. The van der Waals surface area contributed by atoms with Crippen LogP contribution in [0.5, 0.6) is 0 Å². The van der Waals surface area contributed by atoms with Crippen molar-refractivity contribution in [3.05, 3.63) is 0 Å². The first-order valence-electron chi connectivity index (χ1n) is 27.8. The zero-order valence-corrected chi connectivity index (χ0v) is 42.5. The lowest BCUT2D eigenvalue weighted by molar-refractivity contribution is -0.167. The number of ether oxygens (including phenoxy) is 3. The maximum atomic E-state index is 12.8. The predicted octanol–water partition coefficient (Wildman–Crippen LogP) is 18.1. The van der Waals surface area contributed by atoms with Crippen LogP contribution in [-0.2, 0) is 28.6 Å². The predicted molar refractivity (Wildman–Crippen MR) is 266 cm³/mol. The van der Waals surface area contributed by atoms with E-state index in [0.717, 1.165) is 69.6 Å². The van der Waals surface area contributed by atoms with E-state index in [1.807, 2.05) is 0 Å². The molecule has 0 saturated carbocycles. The van der Waals surface area contributed by atoms with Crippen LogP contribution in [0.2, 0.25) is 0 Å². The molecule has 0 aliphatic carbocycles. The summed E-state index contributed by atoms with van der Waals surface area (Å²) < 4.78 is 16.9. The van der Waals surface area contributed by atoms with Gasteiger partial charge >= 0.3 is 17.9 Å². The smallest absolute Gasteiger partial charge is 0.306 e. The average molecular weight is 877 g/mol. The lowest BCUT2D eigenvalue weighted by atomic mass is 9.99. The van der Waals surface area contributed by atoms with Crippen molar-refractivity contribution in [1.82, 2.24) is 0 Å². The van der Waals surface area contributed by atoms with Crippen molar-refractivity contribution in [2.45, 2.75) is 317 Å². The van der Waals surface area contributed by atoms with Crippen LogP contribution in [0.4, 0.5) is 0 Å². The van der Waals surface area contributed by atoms with Gasteiger partial charge in [0.05, 0.1) is 0 Å². The van der Waals surface area contributed by atoms with E-state index >= 15 is 0 Å². The van der Waals surface area contributed by atoms with Gasteiger partial charge in [-0.05, 0) is 31.1 Å². The van der Waals surface area contributed by atoms with Gasteiger partial charge in [0.15, 0.2) is 6.10 Å². The van der Waals surface area contributed by atoms with Gasteiger partial charge < -0.3 is 14.2 Å². The summed E-state index contributed by atoms with van der Waals surface area (Å²) in [7, 11) is 0. The van der Waals surface area contributed by atoms with E-state index in [4.69, 9.17) is 14.2 Å². The molecule has 0 radical (unpaired) electrons. The number of unbranched alkanes of at least 4 members (excludes halogenated alkanes) is 33. The highest BCUT2D eigenvalue weighted by molar-refractivity contribution is 5.71. The number of rotatable bonds is 50. The molecule has 3 atom stereocenters. The van der Waals surface area contributed by atoms with Gasteiger partial charge in [-0.1, -0.05) is 272 Å². The number of carbonyl (C=O) groups is 3. The van der Waals surface area contributed by atoms with Crippen molar-refractivity contribution < 1.29 is 28.6 Å². The summed E-state index contributed by atoms with van der Waals surface area (Å²) in [5, 5.41) is 0. The van der Waals surface area contributed by atoms with Crippen LogP contribution in [0.25, 0.3) is 0 Å². The summed E-state index contributed by atoms with van der Waals surface area (Å²) in [5.41, 5.74) is 0. The van der Waals surface area contributed by atoms with Gasteiger partial charge in [0.25, 0.3) is 0 Å². The molecule has 0 N–H and O–H groups in total. The molecule has 0 aromatic rings. The first kappa shape index (κ1) is 60.4. The molecule has 368 valence electrons. The van der Waals surface area contributed by atoms with Crippen molar-refractivity contribution >= 4 is 17.9 Å². The topological polar surface area (TPSA) is 78.9 Å². The molecular formula is C56H108O6. The second kappa shape index (κ2) is 48.9. The highest BCUT2D eigenvalue weighted by Crippen LogP contribution is 2.19. The molecule has 0 fully saturated rings. The molecule has 0 bridgehead atoms. The largest absolute Gasteiger partial charge is 0.462 e. The molecule has 0 amide bonds. The van der Waals surface area contributed by atoms with E-state index in [-0.39, 0.29) is 31.1 Å². The van der Waals surface area contributed by atoms with Gasteiger partial charge in [0.2, 0.25) is 0 Å². The summed E-state index contributed by atoms with van der Waals surface area (Å²) >= 11 is 0. The minimum absolute atomic E-state index is 0.0638. The maximum Gasteiger partial charge on any atom is 0.306 e. The number of carbonyl (C=O) groups excluding carboxylic acids is 3. The molecule has 6 heteroatoms. The average Bonchev–Trinajstić information content (AvgIpc) is 3.27. The quantitative estimate of drug-likeness (QED) is 0.0344. The Bertz CT molecular complexity index is 951. The van der Waals surface area contributed by atoms with Gasteiger partial charge in [-0.2, -0.15) is 0 Å². The van der Waals surface area contributed by atoms with Crippen LogP contribution in [0.1, 0.15) is 311 Å². The number of hydrogen-bond acceptors (Lipinski definition) is 6. The zero-order valence-electron chi connectivity index (χ0n) is 42.5. The third-order valence-electron chi connectivity index (χ3n) is 13.4.